The second-order valence-corrected chi connectivity index (χ2v) is 7.54. The first-order valence-electron chi connectivity index (χ1n) is 8.35. The SMILES string of the molecule is N#Cc1cccc(NC(=O)CN2CCc3sccc3[C@H]2C2CC2)c1. The van der Waals surface area contributed by atoms with Crippen molar-refractivity contribution in [2.45, 2.75) is 25.3 Å². The van der Waals surface area contributed by atoms with Crippen molar-refractivity contribution in [3.63, 3.8) is 0 Å². The van der Waals surface area contributed by atoms with Crippen molar-refractivity contribution < 1.29 is 4.79 Å². The number of rotatable bonds is 4. The summed E-state index contributed by atoms with van der Waals surface area (Å²) in [5.41, 5.74) is 2.69. The topological polar surface area (TPSA) is 56.1 Å². The fourth-order valence-corrected chi connectivity index (χ4v) is 4.50. The van der Waals surface area contributed by atoms with E-state index in [1.54, 1.807) is 18.2 Å². The number of nitriles is 1. The smallest absolute Gasteiger partial charge is 0.238 e. The van der Waals surface area contributed by atoms with E-state index in [1.165, 1.54) is 23.3 Å². The van der Waals surface area contributed by atoms with Gasteiger partial charge in [0.1, 0.15) is 0 Å². The first kappa shape index (κ1) is 15.4. The average molecular weight is 337 g/mol. The van der Waals surface area contributed by atoms with Crippen LogP contribution in [-0.4, -0.2) is 23.9 Å². The summed E-state index contributed by atoms with van der Waals surface area (Å²) in [6, 6.07) is 11.8. The Balaban J connectivity index is 1.46. The number of carbonyl (C=O) groups excluding carboxylic acids is 1. The molecule has 1 amide bonds. The van der Waals surface area contributed by atoms with Crippen molar-refractivity contribution in [2.24, 2.45) is 5.92 Å². The van der Waals surface area contributed by atoms with Gasteiger partial charge < -0.3 is 5.32 Å². The summed E-state index contributed by atoms with van der Waals surface area (Å²) >= 11 is 1.84. The summed E-state index contributed by atoms with van der Waals surface area (Å²) in [5, 5.41) is 14.1. The average Bonchev–Trinajstić information content (AvgIpc) is 3.31. The second kappa shape index (κ2) is 6.39. The number of anilines is 1. The molecule has 4 rings (SSSR count). The number of hydrogen-bond donors (Lipinski definition) is 1. The van der Waals surface area contributed by atoms with E-state index in [2.05, 4.69) is 27.7 Å². The molecule has 0 bridgehead atoms. The summed E-state index contributed by atoms with van der Waals surface area (Å²) in [6.07, 6.45) is 3.57. The van der Waals surface area contributed by atoms with Crippen LogP contribution in [0.4, 0.5) is 5.69 Å². The maximum Gasteiger partial charge on any atom is 0.238 e. The predicted molar refractivity (Wildman–Crippen MR) is 94.8 cm³/mol. The highest BCUT2D eigenvalue weighted by Gasteiger charge is 2.40. The zero-order chi connectivity index (χ0) is 16.5. The van der Waals surface area contributed by atoms with Crippen LogP contribution in [0.15, 0.2) is 35.7 Å². The van der Waals surface area contributed by atoms with Crippen LogP contribution < -0.4 is 5.32 Å². The van der Waals surface area contributed by atoms with Gasteiger partial charge in [0.2, 0.25) is 5.91 Å². The van der Waals surface area contributed by atoms with Crippen molar-refractivity contribution in [1.82, 2.24) is 4.90 Å². The molecule has 1 aromatic heterocycles. The third-order valence-electron chi connectivity index (χ3n) is 4.81. The summed E-state index contributed by atoms with van der Waals surface area (Å²) in [7, 11) is 0. The van der Waals surface area contributed by atoms with Gasteiger partial charge in [-0.25, -0.2) is 0 Å². The third-order valence-corrected chi connectivity index (χ3v) is 5.81. The van der Waals surface area contributed by atoms with Crippen LogP contribution in [0.5, 0.6) is 0 Å². The molecule has 5 heteroatoms. The van der Waals surface area contributed by atoms with Crippen molar-refractivity contribution in [2.75, 3.05) is 18.4 Å². The lowest BCUT2D eigenvalue weighted by Crippen LogP contribution is -2.41. The van der Waals surface area contributed by atoms with Gasteiger partial charge in [0.05, 0.1) is 18.2 Å². The Labute approximate surface area is 145 Å². The lowest BCUT2D eigenvalue weighted by atomic mass is 9.96. The molecular formula is C19H19N3OS. The van der Waals surface area contributed by atoms with E-state index in [0.29, 0.717) is 29.8 Å². The van der Waals surface area contributed by atoms with E-state index in [-0.39, 0.29) is 5.91 Å². The summed E-state index contributed by atoms with van der Waals surface area (Å²) in [5.74, 6) is 0.697. The molecule has 1 aromatic carbocycles. The number of hydrogen-bond acceptors (Lipinski definition) is 4. The molecule has 0 saturated heterocycles. The van der Waals surface area contributed by atoms with Gasteiger partial charge in [-0.1, -0.05) is 6.07 Å². The molecule has 1 aliphatic carbocycles. The maximum atomic E-state index is 12.5. The lowest BCUT2D eigenvalue weighted by molar-refractivity contribution is -0.118. The van der Waals surface area contributed by atoms with Crippen LogP contribution in [0.3, 0.4) is 0 Å². The minimum absolute atomic E-state index is 0.00517. The normalized spacial score (nSPS) is 20.2. The van der Waals surface area contributed by atoms with Crippen LogP contribution in [0.2, 0.25) is 0 Å². The Morgan fingerprint density at radius 1 is 1.38 bits per heavy atom. The number of benzene rings is 1. The molecule has 1 N–H and O–H groups in total. The summed E-state index contributed by atoms with van der Waals surface area (Å²) in [6.45, 7) is 1.35. The van der Waals surface area contributed by atoms with Gasteiger partial charge in [0.25, 0.3) is 0 Å². The Bertz CT molecular complexity index is 803. The number of carbonyl (C=O) groups is 1. The Hall–Kier alpha value is -2.16. The van der Waals surface area contributed by atoms with Gasteiger partial charge in [-0.15, -0.1) is 11.3 Å². The number of nitrogens with one attached hydrogen (secondary N) is 1. The molecule has 4 nitrogen and oxygen atoms in total. The van der Waals surface area contributed by atoms with Crippen LogP contribution in [0, 0.1) is 17.2 Å². The van der Waals surface area contributed by atoms with Gasteiger partial charge in [-0.2, -0.15) is 5.26 Å². The molecule has 2 heterocycles. The van der Waals surface area contributed by atoms with E-state index in [4.69, 9.17) is 5.26 Å². The van der Waals surface area contributed by atoms with Crippen LogP contribution in [-0.2, 0) is 11.2 Å². The Morgan fingerprint density at radius 2 is 2.25 bits per heavy atom. The van der Waals surface area contributed by atoms with Gasteiger partial charge >= 0.3 is 0 Å². The highest BCUT2D eigenvalue weighted by atomic mass is 32.1. The molecule has 1 atom stereocenters. The quantitative estimate of drug-likeness (QED) is 0.928. The maximum absolute atomic E-state index is 12.5. The molecule has 1 fully saturated rings. The van der Waals surface area contributed by atoms with Gasteiger partial charge in [-0.05, 0) is 60.4 Å². The fraction of sp³-hybridized carbons (Fsp3) is 0.368. The molecule has 24 heavy (non-hydrogen) atoms. The number of nitrogens with zero attached hydrogens (tertiary/aromatic N) is 2. The molecule has 1 aliphatic heterocycles. The Kier molecular flexibility index (Phi) is 4.09. The lowest BCUT2D eigenvalue weighted by Gasteiger charge is -2.35. The zero-order valence-electron chi connectivity index (χ0n) is 13.4. The number of fused-ring (bicyclic) bond motifs is 1. The molecule has 0 spiro atoms. The molecular weight excluding hydrogens is 318 g/mol. The Morgan fingerprint density at radius 3 is 3.04 bits per heavy atom. The highest BCUT2D eigenvalue weighted by molar-refractivity contribution is 7.10. The van der Waals surface area contributed by atoms with E-state index in [9.17, 15) is 4.79 Å². The van der Waals surface area contributed by atoms with Gasteiger partial charge in [0.15, 0.2) is 0 Å². The van der Waals surface area contributed by atoms with E-state index >= 15 is 0 Å². The number of thiophene rings is 1. The highest BCUT2D eigenvalue weighted by Crippen LogP contribution is 2.48. The molecule has 122 valence electrons. The molecule has 0 radical (unpaired) electrons. The van der Waals surface area contributed by atoms with Gasteiger partial charge in [0, 0.05) is 23.2 Å². The van der Waals surface area contributed by atoms with Crippen molar-refractivity contribution in [3.8, 4) is 6.07 Å². The van der Waals surface area contributed by atoms with Crippen LogP contribution in [0.25, 0.3) is 0 Å². The predicted octanol–water partition coefficient (Wildman–Crippen LogP) is 3.57. The second-order valence-electron chi connectivity index (χ2n) is 6.54. The van der Waals surface area contributed by atoms with E-state index in [1.807, 2.05) is 17.4 Å². The first-order valence-corrected chi connectivity index (χ1v) is 9.23. The van der Waals surface area contributed by atoms with E-state index in [0.717, 1.165) is 13.0 Å². The molecule has 2 aliphatic rings. The summed E-state index contributed by atoms with van der Waals surface area (Å²) < 4.78 is 0. The largest absolute Gasteiger partial charge is 0.325 e. The minimum Gasteiger partial charge on any atom is -0.325 e. The van der Waals surface area contributed by atoms with Crippen LogP contribution >= 0.6 is 11.3 Å². The summed E-state index contributed by atoms with van der Waals surface area (Å²) in [4.78, 5) is 16.3. The van der Waals surface area contributed by atoms with Crippen molar-refractivity contribution in [3.05, 3.63) is 51.7 Å². The zero-order valence-corrected chi connectivity index (χ0v) is 14.2. The van der Waals surface area contributed by atoms with Crippen molar-refractivity contribution in [1.29, 1.82) is 5.26 Å². The fourth-order valence-electron chi connectivity index (χ4n) is 3.59. The third kappa shape index (κ3) is 3.08. The molecule has 2 aromatic rings. The van der Waals surface area contributed by atoms with Crippen LogP contribution in [0.1, 0.15) is 34.9 Å². The minimum atomic E-state index is -0.00517. The standard InChI is InChI=1S/C19H19N3OS/c20-11-13-2-1-3-15(10-13)21-18(23)12-22-8-6-17-16(7-9-24-17)19(22)14-4-5-14/h1-3,7,9-10,14,19H,4-6,8,12H2,(H,21,23)/t19-/m1/s1. The monoisotopic (exact) mass is 337 g/mol. The first-order chi connectivity index (χ1) is 11.7. The number of amides is 1. The molecule has 0 unspecified atom stereocenters. The van der Waals surface area contributed by atoms with E-state index < -0.39 is 0 Å². The van der Waals surface area contributed by atoms with Gasteiger partial charge in [-0.3, -0.25) is 9.69 Å². The van der Waals surface area contributed by atoms with Crippen molar-refractivity contribution >= 4 is 22.9 Å². The molecule has 1 saturated carbocycles.